The number of hydrogen-bond donors (Lipinski definition) is 2. The normalized spacial score (nSPS) is 27.8. The minimum absolute atomic E-state index is 0.0970. The Morgan fingerprint density at radius 2 is 1.67 bits per heavy atom. The Hall–Kier alpha value is -0.160. The molecule has 0 aliphatic carbocycles. The molecular weight excluding hydrogens is 194 g/mol. The molecule has 2 N–H and O–H groups in total. The Bertz CT molecular complexity index is 186. The van der Waals surface area contributed by atoms with Gasteiger partial charge >= 0.3 is 0 Å². The molecule has 0 aromatic carbocycles. The van der Waals surface area contributed by atoms with E-state index in [1.165, 1.54) is 0 Å². The van der Waals surface area contributed by atoms with Crippen LogP contribution in [0.3, 0.4) is 0 Å². The molecule has 2 rings (SSSR count). The minimum atomic E-state index is -0.0970. The van der Waals surface area contributed by atoms with Crippen molar-refractivity contribution in [3.8, 4) is 0 Å². The van der Waals surface area contributed by atoms with Crippen molar-refractivity contribution in [2.45, 2.75) is 37.3 Å². The predicted octanol–water partition coefficient (Wildman–Crippen LogP) is 0.296. The average Bonchev–Trinajstić information content (AvgIpc) is 2.32. The van der Waals surface area contributed by atoms with Gasteiger partial charge in [0.25, 0.3) is 0 Å². The summed E-state index contributed by atoms with van der Waals surface area (Å²) in [7, 11) is 0. The topological polar surface area (TPSA) is 50.7 Å². The van der Waals surface area contributed by atoms with Crippen molar-refractivity contribution in [3.05, 3.63) is 0 Å². The molecule has 0 unspecified atom stereocenters. The van der Waals surface area contributed by atoms with Gasteiger partial charge in [0.2, 0.25) is 0 Å². The van der Waals surface area contributed by atoms with Gasteiger partial charge in [0.05, 0.1) is 6.61 Å². The minimum Gasteiger partial charge on any atom is -0.394 e. The molecule has 4 nitrogen and oxygen atoms in total. The molecule has 2 aliphatic rings. The summed E-state index contributed by atoms with van der Waals surface area (Å²) >= 11 is 0. The van der Waals surface area contributed by atoms with E-state index >= 15 is 0 Å². The number of aliphatic hydroxyl groups is 1. The lowest BCUT2D eigenvalue weighted by Gasteiger charge is -2.40. The van der Waals surface area contributed by atoms with Gasteiger partial charge < -0.3 is 19.9 Å². The summed E-state index contributed by atoms with van der Waals surface area (Å²) in [5.74, 6) is 0. The molecule has 2 saturated heterocycles. The Labute approximate surface area is 90.9 Å². The highest BCUT2D eigenvalue weighted by molar-refractivity contribution is 4.92. The van der Waals surface area contributed by atoms with E-state index < -0.39 is 0 Å². The number of rotatable bonds is 3. The molecule has 0 aromatic heterocycles. The first-order chi connectivity index (χ1) is 7.35. The highest BCUT2D eigenvalue weighted by atomic mass is 16.5. The molecule has 2 aliphatic heterocycles. The van der Waals surface area contributed by atoms with Crippen LogP contribution in [0.1, 0.15) is 25.7 Å². The SMILES string of the molecule is OCC1(NC2CCOCC2)CCOCC1. The number of ether oxygens (including phenoxy) is 2. The van der Waals surface area contributed by atoms with Gasteiger partial charge in [-0.2, -0.15) is 0 Å². The molecule has 15 heavy (non-hydrogen) atoms. The molecule has 0 bridgehead atoms. The molecule has 0 spiro atoms. The number of nitrogens with one attached hydrogen (secondary N) is 1. The van der Waals surface area contributed by atoms with Gasteiger partial charge in [-0.05, 0) is 25.7 Å². The van der Waals surface area contributed by atoms with E-state index in [1.54, 1.807) is 0 Å². The first-order valence-corrected chi connectivity index (χ1v) is 5.89. The third-order valence-corrected chi connectivity index (χ3v) is 3.48. The summed E-state index contributed by atoms with van der Waals surface area (Å²) in [6, 6.07) is 0.504. The Morgan fingerprint density at radius 3 is 2.27 bits per heavy atom. The lowest BCUT2D eigenvalue weighted by atomic mass is 9.89. The van der Waals surface area contributed by atoms with Crippen LogP contribution in [-0.2, 0) is 9.47 Å². The molecule has 2 heterocycles. The zero-order chi connectivity index (χ0) is 10.6. The van der Waals surface area contributed by atoms with Gasteiger partial charge in [-0.15, -0.1) is 0 Å². The summed E-state index contributed by atoms with van der Waals surface area (Å²) in [6.45, 7) is 3.42. The Balaban J connectivity index is 1.87. The highest BCUT2D eigenvalue weighted by Gasteiger charge is 2.34. The van der Waals surface area contributed by atoms with Gasteiger partial charge in [0.1, 0.15) is 0 Å². The smallest absolute Gasteiger partial charge is 0.0615 e. The van der Waals surface area contributed by atoms with Gasteiger partial charge in [0.15, 0.2) is 0 Å². The van der Waals surface area contributed by atoms with Crippen molar-refractivity contribution in [3.63, 3.8) is 0 Å². The second-order valence-corrected chi connectivity index (χ2v) is 4.58. The van der Waals surface area contributed by atoms with E-state index in [0.717, 1.165) is 52.1 Å². The molecule has 88 valence electrons. The van der Waals surface area contributed by atoms with Crippen LogP contribution in [0, 0.1) is 0 Å². The van der Waals surface area contributed by atoms with E-state index in [-0.39, 0.29) is 12.1 Å². The fourth-order valence-electron chi connectivity index (χ4n) is 2.39. The molecule has 0 saturated carbocycles. The molecular formula is C11H21NO3. The fraction of sp³-hybridized carbons (Fsp3) is 1.00. The Morgan fingerprint density at radius 1 is 1.07 bits per heavy atom. The summed E-state index contributed by atoms with van der Waals surface area (Å²) in [6.07, 6.45) is 3.95. The third kappa shape index (κ3) is 2.91. The monoisotopic (exact) mass is 215 g/mol. The maximum absolute atomic E-state index is 9.52. The number of hydrogen-bond acceptors (Lipinski definition) is 4. The summed E-state index contributed by atoms with van der Waals surface area (Å²) in [4.78, 5) is 0. The van der Waals surface area contributed by atoms with Crippen LogP contribution >= 0.6 is 0 Å². The molecule has 0 atom stereocenters. The van der Waals surface area contributed by atoms with Crippen LogP contribution in [0.5, 0.6) is 0 Å². The summed E-state index contributed by atoms with van der Waals surface area (Å²) in [5, 5.41) is 13.1. The standard InChI is InChI=1S/C11H21NO3/c13-9-11(3-7-15-8-4-11)12-10-1-5-14-6-2-10/h10,12-13H,1-9H2. The predicted molar refractivity (Wildman–Crippen MR) is 56.8 cm³/mol. The van der Waals surface area contributed by atoms with Crippen LogP contribution in [0.15, 0.2) is 0 Å². The second-order valence-electron chi connectivity index (χ2n) is 4.58. The molecule has 0 radical (unpaired) electrons. The number of aliphatic hydroxyl groups excluding tert-OH is 1. The van der Waals surface area contributed by atoms with Gasteiger partial charge in [0, 0.05) is 38.0 Å². The maximum Gasteiger partial charge on any atom is 0.0615 e. The first kappa shape index (κ1) is 11.3. The van der Waals surface area contributed by atoms with E-state index in [9.17, 15) is 5.11 Å². The average molecular weight is 215 g/mol. The fourth-order valence-corrected chi connectivity index (χ4v) is 2.39. The van der Waals surface area contributed by atoms with E-state index in [0.29, 0.717) is 6.04 Å². The van der Waals surface area contributed by atoms with Crippen molar-refractivity contribution in [1.82, 2.24) is 5.32 Å². The van der Waals surface area contributed by atoms with Crippen LogP contribution < -0.4 is 5.32 Å². The van der Waals surface area contributed by atoms with Crippen molar-refractivity contribution in [2.24, 2.45) is 0 Å². The molecule has 0 amide bonds. The Kier molecular flexibility index (Phi) is 3.97. The van der Waals surface area contributed by atoms with Crippen molar-refractivity contribution >= 4 is 0 Å². The van der Waals surface area contributed by atoms with Crippen LogP contribution in [-0.4, -0.2) is 49.7 Å². The van der Waals surface area contributed by atoms with Crippen molar-refractivity contribution < 1.29 is 14.6 Å². The van der Waals surface area contributed by atoms with E-state index in [4.69, 9.17) is 9.47 Å². The van der Waals surface area contributed by atoms with Crippen molar-refractivity contribution in [1.29, 1.82) is 0 Å². The van der Waals surface area contributed by atoms with Gasteiger partial charge in [-0.3, -0.25) is 0 Å². The largest absolute Gasteiger partial charge is 0.394 e. The summed E-state index contributed by atoms with van der Waals surface area (Å²) in [5.41, 5.74) is -0.0970. The van der Waals surface area contributed by atoms with Crippen LogP contribution in [0.25, 0.3) is 0 Å². The lowest BCUT2D eigenvalue weighted by Crippen LogP contribution is -2.57. The zero-order valence-corrected chi connectivity index (χ0v) is 9.21. The molecule has 4 heteroatoms. The first-order valence-electron chi connectivity index (χ1n) is 5.89. The van der Waals surface area contributed by atoms with Gasteiger partial charge in [-0.25, -0.2) is 0 Å². The van der Waals surface area contributed by atoms with Crippen molar-refractivity contribution in [2.75, 3.05) is 33.0 Å². The van der Waals surface area contributed by atoms with Gasteiger partial charge in [-0.1, -0.05) is 0 Å². The highest BCUT2D eigenvalue weighted by Crippen LogP contribution is 2.22. The maximum atomic E-state index is 9.52. The quantitative estimate of drug-likeness (QED) is 0.711. The molecule has 0 aromatic rings. The zero-order valence-electron chi connectivity index (χ0n) is 9.21. The molecule has 2 fully saturated rings. The second kappa shape index (κ2) is 5.25. The third-order valence-electron chi connectivity index (χ3n) is 3.48. The summed E-state index contributed by atoms with van der Waals surface area (Å²) < 4.78 is 10.7. The van der Waals surface area contributed by atoms with E-state index in [1.807, 2.05) is 0 Å². The van der Waals surface area contributed by atoms with E-state index in [2.05, 4.69) is 5.32 Å². The lowest BCUT2D eigenvalue weighted by molar-refractivity contribution is -0.00549. The van der Waals surface area contributed by atoms with Crippen LogP contribution in [0.2, 0.25) is 0 Å². The van der Waals surface area contributed by atoms with Crippen LogP contribution in [0.4, 0.5) is 0 Å².